The first kappa shape index (κ1) is 21.7. The molecular formula is C24H25N3O4. The number of nitrogens with one attached hydrogen (secondary N) is 2. The molecule has 1 unspecified atom stereocenters. The van der Waals surface area contributed by atoms with E-state index in [4.69, 9.17) is 15.2 Å². The maximum Gasteiger partial charge on any atom is 0.312 e. The quantitative estimate of drug-likeness (QED) is 0.471. The zero-order valence-corrected chi connectivity index (χ0v) is 17.2. The van der Waals surface area contributed by atoms with Crippen molar-refractivity contribution in [3.05, 3.63) is 84.4 Å². The minimum absolute atomic E-state index is 0.0530. The van der Waals surface area contributed by atoms with Crippen LogP contribution in [0.3, 0.4) is 0 Å². The van der Waals surface area contributed by atoms with Crippen molar-refractivity contribution < 1.29 is 19.1 Å². The van der Waals surface area contributed by atoms with Crippen molar-refractivity contribution in [1.29, 1.82) is 0 Å². The lowest BCUT2D eigenvalue weighted by molar-refractivity contribution is -0.116. The molecule has 3 aromatic rings. The highest BCUT2D eigenvalue weighted by Gasteiger charge is 2.17. The van der Waals surface area contributed by atoms with Gasteiger partial charge in [-0.25, -0.2) is 4.79 Å². The minimum Gasteiger partial charge on any atom is -0.494 e. The first-order valence-corrected chi connectivity index (χ1v) is 9.95. The van der Waals surface area contributed by atoms with Gasteiger partial charge in [0, 0.05) is 5.69 Å². The van der Waals surface area contributed by atoms with Gasteiger partial charge in [0.1, 0.15) is 17.2 Å². The molecule has 3 aromatic carbocycles. The van der Waals surface area contributed by atoms with Crippen molar-refractivity contribution in [2.45, 2.75) is 19.4 Å². The second-order valence-corrected chi connectivity index (χ2v) is 6.76. The van der Waals surface area contributed by atoms with Gasteiger partial charge in [-0.3, -0.25) is 4.79 Å². The molecule has 0 saturated heterocycles. The van der Waals surface area contributed by atoms with Crippen LogP contribution in [0, 0.1) is 0 Å². The number of amides is 3. The smallest absolute Gasteiger partial charge is 0.312 e. The van der Waals surface area contributed by atoms with Gasteiger partial charge in [0.05, 0.1) is 19.1 Å². The fourth-order valence-electron chi connectivity index (χ4n) is 3.02. The number of nitrogens with two attached hydrogens (primary N) is 1. The molecule has 3 amide bonds. The Morgan fingerprint density at radius 1 is 0.871 bits per heavy atom. The van der Waals surface area contributed by atoms with E-state index >= 15 is 0 Å². The molecule has 0 saturated carbocycles. The summed E-state index contributed by atoms with van der Waals surface area (Å²) in [5.41, 5.74) is 6.68. The maximum atomic E-state index is 12.5. The summed E-state index contributed by atoms with van der Waals surface area (Å²) < 4.78 is 11.2. The lowest BCUT2D eigenvalue weighted by Gasteiger charge is -2.17. The summed E-state index contributed by atoms with van der Waals surface area (Å²) in [6, 6.07) is 22.4. The number of primary amides is 1. The summed E-state index contributed by atoms with van der Waals surface area (Å²) in [5.74, 6) is 1.86. The number of anilines is 1. The van der Waals surface area contributed by atoms with Crippen LogP contribution < -0.4 is 25.8 Å². The fourth-order valence-corrected chi connectivity index (χ4v) is 3.02. The van der Waals surface area contributed by atoms with Crippen LogP contribution in [-0.2, 0) is 4.79 Å². The van der Waals surface area contributed by atoms with E-state index in [0.29, 0.717) is 23.8 Å². The zero-order valence-electron chi connectivity index (χ0n) is 17.2. The van der Waals surface area contributed by atoms with Crippen molar-refractivity contribution in [3.63, 3.8) is 0 Å². The molecular weight excluding hydrogens is 394 g/mol. The van der Waals surface area contributed by atoms with Crippen LogP contribution in [0.15, 0.2) is 78.9 Å². The lowest BCUT2D eigenvalue weighted by Crippen LogP contribution is -2.35. The Morgan fingerprint density at radius 3 is 2.03 bits per heavy atom. The van der Waals surface area contributed by atoms with Crippen molar-refractivity contribution in [3.8, 4) is 17.2 Å². The monoisotopic (exact) mass is 419 g/mol. The number of hydrogen-bond acceptors (Lipinski definition) is 4. The highest BCUT2D eigenvalue weighted by molar-refractivity contribution is 5.91. The van der Waals surface area contributed by atoms with E-state index in [0.717, 1.165) is 11.3 Å². The van der Waals surface area contributed by atoms with Crippen molar-refractivity contribution >= 4 is 17.6 Å². The van der Waals surface area contributed by atoms with Crippen LogP contribution in [0.5, 0.6) is 17.2 Å². The number of urea groups is 1. The lowest BCUT2D eigenvalue weighted by atomic mass is 10.0. The van der Waals surface area contributed by atoms with Crippen LogP contribution in [0.2, 0.25) is 0 Å². The van der Waals surface area contributed by atoms with E-state index in [1.54, 1.807) is 24.3 Å². The number of benzene rings is 3. The van der Waals surface area contributed by atoms with Crippen molar-refractivity contribution in [1.82, 2.24) is 5.32 Å². The van der Waals surface area contributed by atoms with Crippen LogP contribution >= 0.6 is 0 Å². The topological polar surface area (TPSA) is 103 Å². The van der Waals surface area contributed by atoms with E-state index in [1.807, 2.05) is 61.5 Å². The number of ether oxygens (including phenoxy) is 2. The largest absolute Gasteiger partial charge is 0.494 e. The van der Waals surface area contributed by atoms with Gasteiger partial charge >= 0.3 is 6.03 Å². The number of carbonyl (C=O) groups is 2. The van der Waals surface area contributed by atoms with Gasteiger partial charge in [-0.1, -0.05) is 30.3 Å². The maximum absolute atomic E-state index is 12.5. The zero-order chi connectivity index (χ0) is 22.1. The first-order chi connectivity index (χ1) is 15.0. The van der Waals surface area contributed by atoms with Gasteiger partial charge in [-0.15, -0.1) is 0 Å². The highest BCUT2D eigenvalue weighted by atomic mass is 16.5. The molecule has 1 atom stereocenters. The third kappa shape index (κ3) is 6.78. The predicted octanol–water partition coefficient (Wildman–Crippen LogP) is 4.62. The predicted molar refractivity (Wildman–Crippen MR) is 119 cm³/mol. The highest BCUT2D eigenvalue weighted by Crippen LogP contribution is 2.25. The summed E-state index contributed by atoms with van der Waals surface area (Å²) >= 11 is 0. The van der Waals surface area contributed by atoms with E-state index in [1.165, 1.54) is 0 Å². The second-order valence-electron chi connectivity index (χ2n) is 6.76. The standard InChI is InChI=1S/C24H25N3O4/c1-2-30-19-12-14-21(15-13-19)31-20-10-8-18(9-11-20)26-23(28)16-22(27-24(25)29)17-6-4-3-5-7-17/h3-15,22H,2,16H2,1H3,(H,26,28)(H3,25,27,29). The molecule has 0 aromatic heterocycles. The van der Waals surface area contributed by atoms with E-state index < -0.39 is 12.1 Å². The molecule has 0 fully saturated rings. The normalized spacial score (nSPS) is 11.3. The molecule has 7 heteroatoms. The summed E-state index contributed by atoms with van der Waals surface area (Å²) in [7, 11) is 0. The summed E-state index contributed by atoms with van der Waals surface area (Å²) in [6.45, 7) is 2.54. The molecule has 160 valence electrons. The summed E-state index contributed by atoms with van der Waals surface area (Å²) in [6.07, 6.45) is 0.0530. The third-order valence-corrected chi connectivity index (χ3v) is 4.42. The Labute approximate surface area is 181 Å². The Hall–Kier alpha value is -4.00. The molecule has 4 N–H and O–H groups in total. The first-order valence-electron chi connectivity index (χ1n) is 9.95. The van der Waals surface area contributed by atoms with Gasteiger partial charge in [0.2, 0.25) is 5.91 Å². The molecule has 31 heavy (non-hydrogen) atoms. The molecule has 0 aliphatic heterocycles. The van der Waals surface area contributed by atoms with Gasteiger partial charge in [-0.05, 0) is 61.0 Å². The molecule has 0 aliphatic carbocycles. The van der Waals surface area contributed by atoms with E-state index in [9.17, 15) is 9.59 Å². The number of hydrogen-bond donors (Lipinski definition) is 3. The molecule has 0 heterocycles. The Kier molecular flexibility index (Phi) is 7.48. The van der Waals surface area contributed by atoms with Gasteiger partial charge in [-0.2, -0.15) is 0 Å². The molecule has 0 bridgehead atoms. The Bertz CT molecular complexity index is 990. The number of carbonyl (C=O) groups excluding carboxylic acids is 2. The second kappa shape index (κ2) is 10.7. The Morgan fingerprint density at radius 2 is 1.45 bits per heavy atom. The van der Waals surface area contributed by atoms with E-state index in [-0.39, 0.29) is 12.3 Å². The van der Waals surface area contributed by atoms with Crippen LogP contribution in [0.1, 0.15) is 24.9 Å². The summed E-state index contributed by atoms with van der Waals surface area (Å²) in [5, 5.41) is 5.44. The van der Waals surface area contributed by atoms with Crippen molar-refractivity contribution in [2.75, 3.05) is 11.9 Å². The van der Waals surface area contributed by atoms with Gasteiger partial charge in [0.15, 0.2) is 0 Å². The summed E-state index contributed by atoms with van der Waals surface area (Å²) in [4.78, 5) is 23.8. The molecule has 0 radical (unpaired) electrons. The average Bonchev–Trinajstić information content (AvgIpc) is 2.76. The third-order valence-electron chi connectivity index (χ3n) is 4.42. The van der Waals surface area contributed by atoms with Gasteiger partial charge in [0.25, 0.3) is 0 Å². The Balaban J connectivity index is 1.58. The SMILES string of the molecule is CCOc1ccc(Oc2ccc(NC(=O)CC(NC(N)=O)c3ccccc3)cc2)cc1. The molecule has 7 nitrogen and oxygen atoms in total. The number of rotatable bonds is 9. The molecule has 3 rings (SSSR count). The van der Waals surface area contributed by atoms with Crippen LogP contribution in [0.25, 0.3) is 0 Å². The molecule has 0 spiro atoms. The van der Waals surface area contributed by atoms with Crippen LogP contribution in [-0.4, -0.2) is 18.5 Å². The van der Waals surface area contributed by atoms with Gasteiger partial charge < -0.3 is 25.8 Å². The van der Waals surface area contributed by atoms with E-state index in [2.05, 4.69) is 10.6 Å². The van der Waals surface area contributed by atoms with Crippen LogP contribution in [0.4, 0.5) is 10.5 Å². The minimum atomic E-state index is -0.683. The fraction of sp³-hybridized carbons (Fsp3) is 0.167. The average molecular weight is 419 g/mol. The van der Waals surface area contributed by atoms with Crippen molar-refractivity contribution in [2.24, 2.45) is 5.73 Å². The molecule has 0 aliphatic rings.